The first-order valence-electron chi connectivity index (χ1n) is 9.60. The van der Waals surface area contributed by atoms with Gasteiger partial charge in [-0.15, -0.1) is 0 Å². The number of carbonyl (C=O) groups excluding carboxylic acids is 1. The number of hydrogen-bond acceptors (Lipinski definition) is 6. The summed E-state index contributed by atoms with van der Waals surface area (Å²) >= 11 is 1.17. The lowest BCUT2D eigenvalue weighted by Crippen LogP contribution is -2.37. The molecule has 1 saturated carbocycles. The van der Waals surface area contributed by atoms with Crippen molar-refractivity contribution in [1.82, 2.24) is 14.9 Å². The molecule has 4 rings (SSSR count). The van der Waals surface area contributed by atoms with Crippen LogP contribution in [0, 0.1) is 0 Å². The molecule has 28 heavy (non-hydrogen) atoms. The van der Waals surface area contributed by atoms with Gasteiger partial charge < -0.3 is 14.8 Å². The summed E-state index contributed by atoms with van der Waals surface area (Å²) in [5.41, 5.74) is 0.416. The highest BCUT2D eigenvalue weighted by Crippen LogP contribution is 2.31. The lowest BCUT2D eigenvalue weighted by Gasteiger charge is -2.22. The monoisotopic (exact) mass is 401 g/mol. The Kier molecular flexibility index (Phi) is 5.85. The molecule has 0 radical (unpaired) electrons. The third kappa shape index (κ3) is 4.32. The third-order valence-corrected chi connectivity index (χ3v) is 5.88. The van der Waals surface area contributed by atoms with Crippen LogP contribution in [0.3, 0.4) is 0 Å². The first kappa shape index (κ1) is 18.9. The smallest absolute Gasteiger partial charge is 0.287 e. The van der Waals surface area contributed by atoms with Crippen LogP contribution in [-0.4, -0.2) is 40.5 Å². The second kappa shape index (κ2) is 8.68. The molecule has 8 heteroatoms. The molecule has 0 atom stereocenters. The van der Waals surface area contributed by atoms with Gasteiger partial charge in [0.15, 0.2) is 16.5 Å². The number of thioether (sulfide) groups is 1. The summed E-state index contributed by atoms with van der Waals surface area (Å²) in [7, 11) is 0. The number of nitrogens with zero attached hydrogens (tertiary/aromatic N) is 2. The van der Waals surface area contributed by atoms with E-state index in [0.29, 0.717) is 35.4 Å². The number of hydrogen-bond donors (Lipinski definition) is 1. The molecule has 2 aliphatic rings. The molecule has 148 valence electrons. The van der Waals surface area contributed by atoms with Crippen molar-refractivity contribution >= 4 is 17.7 Å². The Morgan fingerprint density at radius 2 is 1.96 bits per heavy atom. The van der Waals surface area contributed by atoms with Gasteiger partial charge in [0.05, 0.1) is 11.4 Å². The topological polar surface area (TPSA) is 82.5 Å². The Labute approximate surface area is 167 Å². The summed E-state index contributed by atoms with van der Waals surface area (Å²) in [6.07, 6.45) is 8.83. The predicted molar refractivity (Wildman–Crippen MR) is 107 cm³/mol. The van der Waals surface area contributed by atoms with E-state index in [2.05, 4.69) is 10.3 Å². The highest BCUT2D eigenvalue weighted by atomic mass is 32.2. The van der Waals surface area contributed by atoms with Crippen molar-refractivity contribution in [3.63, 3.8) is 0 Å². The molecule has 1 aliphatic carbocycles. The largest absolute Gasteiger partial charge is 0.486 e. The van der Waals surface area contributed by atoms with Gasteiger partial charge in [-0.2, -0.15) is 0 Å². The van der Waals surface area contributed by atoms with Crippen molar-refractivity contribution in [3.05, 3.63) is 40.9 Å². The molecule has 0 saturated heterocycles. The average Bonchev–Trinajstić information content (AvgIpc) is 2.73. The summed E-state index contributed by atoms with van der Waals surface area (Å²) in [6, 6.07) is 5.64. The molecular weight excluding hydrogens is 378 g/mol. The van der Waals surface area contributed by atoms with Gasteiger partial charge in [-0.25, -0.2) is 4.98 Å². The fraction of sp³-hybridized carbons (Fsp3) is 0.450. The van der Waals surface area contributed by atoms with Crippen LogP contribution in [0.15, 0.2) is 40.4 Å². The van der Waals surface area contributed by atoms with E-state index < -0.39 is 0 Å². The first-order chi connectivity index (χ1) is 13.7. The minimum atomic E-state index is -0.255. The van der Waals surface area contributed by atoms with Crippen molar-refractivity contribution in [2.75, 3.05) is 19.0 Å². The van der Waals surface area contributed by atoms with Crippen molar-refractivity contribution in [2.45, 2.75) is 43.2 Å². The van der Waals surface area contributed by atoms with Crippen molar-refractivity contribution in [1.29, 1.82) is 0 Å². The Morgan fingerprint density at radius 3 is 2.79 bits per heavy atom. The summed E-state index contributed by atoms with van der Waals surface area (Å²) in [5, 5.41) is 3.36. The van der Waals surface area contributed by atoms with Crippen LogP contribution in [0.1, 0.15) is 32.1 Å². The molecular formula is C20H23N3O4S. The highest BCUT2D eigenvalue weighted by Gasteiger charge is 2.17. The number of benzene rings is 1. The fourth-order valence-corrected chi connectivity index (χ4v) is 4.24. The van der Waals surface area contributed by atoms with Gasteiger partial charge in [-0.3, -0.25) is 14.2 Å². The van der Waals surface area contributed by atoms with Gasteiger partial charge in [0.25, 0.3) is 5.56 Å². The lowest BCUT2D eigenvalue weighted by atomic mass is 9.95. The van der Waals surface area contributed by atoms with E-state index in [1.807, 2.05) is 0 Å². The SMILES string of the molecule is O=C(CSc1nccn(-c2ccc3c(c2)OCCO3)c1=O)NC1CCCCC1. The van der Waals surface area contributed by atoms with Crippen LogP contribution in [-0.2, 0) is 4.79 Å². The molecule has 2 aromatic rings. The summed E-state index contributed by atoms with van der Waals surface area (Å²) in [5.74, 6) is 1.43. The summed E-state index contributed by atoms with van der Waals surface area (Å²) in [6.45, 7) is 1.00. The summed E-state index contributed by atoms with van der Waals surface area (Å²) < 4.78 is 12.6. The van der Waals surface area contributed by atoms with Gasteiger partial charge >= 0.3 is 0 Å². The standard InChI is InChI=1S/C20H23N3O4S/c24-18(22-14-4-2-1-3-5-14)13-28-19-20(25)23(9-8-21-19)15-6-7-16-17(12-15)27-11-10-26-16/h6-9,12,14H,1-5,10-11,13H2,(H,22,24). The number of aromatic nitrogens is 2. The second-order valence-electron chi connectivity index (χ2n) is 6.93. The highest BCUT2D eigenvalue weighted by molar-refractivity contribution is 7.99. The number of carbonyl (C=O) groups is 1. The van der Waals surface area contributed by atoms with Gasteiger partial charge in [-0.05, 0) is 25.0 Å². The van der Waals surface area contributed by atoms with Gasteiger partial charge in [-0.1, -0.05) is 31.0 Å². The number of amides is 1. The Bertz CT molecular complexity index is 909. The molecule has 0 bridgehead atoms. The fourth-order valence-electron chi connectivity index (χ4n) is 3.53. The van der Waals surface area contributed by atoms with E-state index in [1.165, 1.54) is 35.6 Å². The zero-order valence-electron chi connectivity index (χ0n) is 15.6. The van der Waals surface area contributed by atoms with Crippen LogP contribution < -0.4 is 20.3 Å². The number of ether oxygens (including phenoxy) is 2. The molecule has 1 N–H and O–H groups in total. The van der Waals surface area contributed by atoms with Crippen LogP contribution in [0.5, 0.6) is 11.5 Å². The predicted octanol–water partition coefficient (Wildman–Crippen LogP) is 2.54. The molecule has 0 unspecified atom stereocenters. The molecule has 1 fully saturated rings. The van der Waals surface area contributed by atoms with Crippen LogP contribution >= 0.6 is 11.8 Å². The van der Waals surface area contributed by atoms with Crippen LogP contribution in [0.2, 0.25) is 0 Å². The number of rotatable bonds is 5. The molecule has 1 aliphatic heterocycles. The third-order valence-electron chi connectivity index (χ3n) is 4.92. The Morgan fingerprint density at radius 1 is 1.18 bits per heavy atom. The normalized spacial score (nSPS) is 16.6. The molecule has 0 spiro atoms. The zero-order valence-corrected chi connectivity index (χ0v) is 16.4. The second-order valence-corrected chi connectivity index (χ2v) is 7.89. The Balaban J connectivity index is 1.45. The van der Waals surface area contributed by atoms with Gasteiger partial charge in [0.1, 0.15) is 13.2 Å². The lowest BCUT2D eigenvalue weighted by molar-refractivity contribution is -0.119. The van der Waals surface area contributed by atoms with E-state index in [1.54, 1.807) is 30.6 Å². The van der Waals surface area contributed by atoms with Crippen LogP contribution in [0.25, 0.3) is 5.69 Å². The van der Waals surface area contributed by atoms with Crippen molar-refractivity contribution < 1.29 is 14.3 Å². The van der Waals surface area contributed by atoms with E-state index in [4.69, 9.17) is 9.47 Å². The van der Waals surface area contributed by atoms with Crippen molar-refractivity contribution in [2.24, 2.45) is 0 Å². The van der Waals surface area contributed by atoms with E-state index in [9.17, 15) is 9.59 Å². The molecule has 1 aromatic heterocycles. The minimum absolute atomic E-state index is 0.0483. The van der Waals surface area contributed by atoms with E-state index in [-0.39, 0.29) is 23.3 Å². The quantitative estimate of drug-likeness (QED) is 0.776. The summed E-state index contributed by atoms with van der Waals surface area (Å²) in [4.78, 5) is 29.2. The van der Waals surface area contributed by atoms with Crippen molar-refractivity contribution in [3.8, 4) is 17.2 Å². The molecule has 7 nitrogen and oxygen atoms in total. The molecule has 1 amide bonds. The zero-order chi connectivity index (χ0) is 19.3. The van der Waals surface area contributed by atoms with Gasteiger partial charge in [0, 0.05) is 24.5 Å². The maximum atomic E-state index is 12.8. The van der Waals surface area contributed by atoms with E-state index >= 15 is 0 Å². The maximum Gasteiger partial charge on any atom is 0.287 e. The van der Waals surface area contributed by atoms with Gasteiger partial charge in [0.2, 0.25) is 5.91 Å². The Hall–Kier alpha value is -2.48. The number of fused-ring (bicyclic) bond motifs is 1. The minimum Gasteiger partial charge on any atom is -0.486 e. The molecule has 1 aromatic carbocycles. The maximum absolute atomic E-state index is 12.8. The molecule has 2 heterocycles. The van der Waals surface area contributed by atoms with Crippen LogP contribution in [0.4, 0.5) is 0 Å². The first-order valence-corrected chi connectivity index (χ1v) is 10.6. The van der Waals surface area contributed by atoms with E-state index in [0.717, 1.165) is 12.8 Å². The average molecular weight is 401 g/mol. The number of nitrogens with one attached hydrogen (secondary N) is 1.